The maximum atomic E-state index is 12.2. The van der Waals surface area contributed by atoms with Crippen LogP contribution in [0.4, 0.5) is 0 Å². The van der Waals surface area contributed by atoms with E-state index in [1.54, 1.807) is 0 Å². The zero-order chi connectivity index (χ0) is 14.4. The first kappa shape index (κ1) is 16.4. The Hall–Kier alpha value is -0.610. The molecule has 0 aromatic carbocycles. The van der Waals surface area contributed by atoms with E-state index < -0.39 is 0 Å². The Labute approximate surface area is 118 Å². The van der Waals surface area contributed by atoms with Gasteiger partial charge in [0, 0.05) is 18.6 Å². The van der Waals surface area contributed by atoms with Crippen LogP contribution in [0.2, 0.25) is 0 Å². The minimum absolute atomic E-state index is 0.0821. The SMILES string of the molecule is CC(C)NC(C(=O)NCCC1CCCN1C)C(C)C. The predicted octanol–water partition coefficient (Wildman–Crippen LogP) is 1.61. The minimum atomic E-state index is -0.0821. The number of hydrogen-bond acceptors (Lipinski definition) is 3. The van der Waals surface area contributed by atoms with Crippen LogP contribution in [0.1, 0.15) is 47.0 Å². The lowest BCUT2D eigenvalue weighted by Gasteiger charge is -2.25. The van der Waals surface area contributed by atoms with E-state index in [1.165, 1.54) is 19.4 Å². The Morgan fingerprint density at radius 1 is 1.32 bits per heavy atom. The summed E-state index contributed by atoms with van der Waals surface area (Å²) >= 11 is 0. The van der Waals surface area contributed by atoms with Crippen molar-refractivity contribution in [1.82, 2.24) is 15.5 Å². The van der Waals surface area contributed by atoms with Gasteiger partial charge in [0.15, 0.2) is 0 Å². The monoisotopic (exact) mass is 269 g/mol. The number of nitrogens with one attached hydrogen (secondary N) is 2. The summed E-state index contributed by atoms with van der Waals surface area (Å²) < 4.78 is 0. The molecule has 0 radical (unpaired) electrons. The first-order valence-corrected chi connectivity index (χ1v) is 7.65. The van der Waals surface area contributed by atoms with Crippen molar-refractivity contribution in [2.75, 3.05) is 20.1 Å². The molecule has 2 atom stereocenters. The van der Waals surface area contributed by atoms with Crippen molar-refractivity contribution < 1.29 is 4.79 Å². The summed E-state index contributed by atoms with van der Waals surface area (Å²) in [6, 6.07) is 0.899. The van der Waals surface area contributed by atoms with Gasteiger partial charge in [0.05, 0.1) is 6.04 Å². The van der Waals surface area contributed by atoms with Crippen LogP contribution in [-0.2, 0) is 4.79 Å². The fraction of sp³-hybridized carbons (Fsp3) is 0.933. The highest BCUT2D eigenvalue weighted by atomic mass is 16.2. The van der Waals surface area contributed by atoms with Crippen LogP contribution in [-0.4, -0.2) is 49.1 Å². The first-order valence-electron chi connectivity index (χ1n) is 7.65. The van der Waals surface area contributed by atoms with Gasteiger partial charge in [-0.1, -0.05) is 27.7 Å². The summed E-state index contributed by atoms with van der Waals surface area (Å²) in [6.07, 6.45) is 3.62. The van der Waals surface area contributed by atoms with E-state index in [9.17, 15) is 4.79 Å². The lowest BCUT2D eigenvalue weighted by atomic mass is 10.0. The summed E-state index contributed by atoms with van der Waals surface area (Å²) in [4.78, 5) is 14.6. The molecule has 1 rings (SSSR count). The lowest BCUT2D eigenvalue weighted by Crippen LogP contribution is -2.50. The molecule has 1 heterocycles. The second kappa shape index (κ2) is 7.85. The highest BCUT2D eigenvalue weighted by Crippen LogP contribution is 2.17. The molecule has 2 N–H and O–H groups in total. The molecule has 19 heavy (non-hydrogen) atoms. The molecule has 4 nitrogen and oxygen atoms in total. The number of carbonyl (C=O) groups is 1. The molecule has 0 bridgehead atoms. The number of rotatable bonds is 7. The number of carbonyl (C=O) groups excluding carboxylic acids is 1. The first-order chi connectivity index (χ1) is 8.91. The van der Waals surface area contributed by atoms with Crippen molar-refractivity contribution in [3.8, 4) is 0 Å². The zero-order valence-corrected chi connectivity index (χ0v) is 13.2. The van der Waals surface area contributed by atoms with Gasteiger partial charge >= 0.3 is 0 Å². The Kier molecular flexibility index (Phi) is 6.80. The highest BCUT2D eigenvalue weighted by Gasteiger charge is 2.24. The van der Waals surface area contributed by atoms with E-state index in [0.717, 1.165) is 13.0 Å². The molecule has 2 unspecified atom stereocenters. The molecule has 1 amide bonds. The van der Waals surface area contributed by atoms with Crippen LogP contribution in [0.5, 0.6) is 0 Å². The second-order valence-electron chi connectivity index (χ2n) is 6.40. The largest absolute Gasteiger partial charge is 0.355 e. The Balaban J connectivity index is 2.31. The molecule has 112 valence electrons. The molecule has 0 spiro atoms. The van der Waals surface area contributed by atoms with Crippen molar-refractivity contribution in [1.29, 1.82) is 0 Å². The van der Waals surface area contributed by atoms with Gasteiger partial charge < -0.3 is 15.5 Å². The van der Waals surface area contributed by atoms with Gasteiger partial charge in [0.1, 0.15) is 0 Å². The van der Waals surface area contributed by atoms with E-state index in [-0.39, 0.29) is 11.9 Å². The molecular weight excluding hydrogens is 238 g/mol. The molecule has 0 aromatic heterocycles. The summed E-state index contributed by atoms with van der Waals surface area (Å²) in [5.74, 6) is 0.459. The molecule has 1 aliphatic rings. The van der Waals surface area contributed by atoms with Crippen molar-refractivity contribution in [3.63, 3.8) is 0 Å². The van der Waals surface area contributed by atoms with Crippen molar-refractivity contribution in [3.05, 3.63) is 0 Å². The van der Waals surface area contributed by atoms with E-state index in [1.807, 2.05) is 0 Å². The summed E-state index contributed by atoms with van der Waals surface area (Å²) in [7, 11) is 2.18. The van der Waals surface area contributed by atoms with Crippen molar-refractivity contribution >= 4 is 5.91 Å². The molecule has 4 heteroatoms. The van der Waals surface area contributed by atoms with Gasteiger partial charge in [-0.25, -0.2) is 0 Å². The molecular formula is C15H31N3O. The van der Waals surface area contributed by atoms with Gasteiger partial charge in [-0.3, -0.25) is 4.79 Å². The maximum absolute atomic E-state index is 12.2. The van der Waals surface area contributed by atoms with Crippen molar-refractivity contribution in [2.45, 2.75) is 65.1 Å². The zero-order valence-electron chi connectivity index (χ0n) is 13.2. The minimum Gasteiger partial charge on any atom is -0.355 e. The Morgan fingerprint density at radius 3 is 2.47 bits per heavy atom. The number of nitrogens with zero attached hydrogens (tertiary/aromatic N) is 1. The lowest BCUT2D eigenvalue weighted by molar-refractivity contribution is -0.124. The number of hydrogen-bond donors (Lipinski definition) is 2. The fourth-order valence-electron chi connectivity index (χ4n) is 2.75. The van der Waals surface area contributed by atoms with E-state index in [2.05, 4.69) is 50.3 Å². The number of amides is 1. The van der Waals surface area contributed by atoms with Crippen LogP contribution < -0.4 is 10.6 Å². The van der Waals surface area contributed by atoms with Gasteiger partial charge in [0.25, 0.3) is 0 Å². The van der Waals surface area contributed by atoms with E-state index >= 15 is 0 Å². The highest BCUT2D eigenvalue weighted by molar-refractivity contribution is 5.82. The third-order valence-corrected chi connectivity index (χ3v) is 3.91. The van der Waals surface area contributed by atoms with Gasteiger partial charge in [0.2, 0.25) is 5.91 Å². The third-order valence-electron chi connectivity index (χ3n) is 3.91. The standard InChI is InChI=1S/C15H31N3O/c1-11(2)14(17-12(3)4)15(19)16-9-8-13-7-6-10-18(13)5/h11-14,17H,6-10H2,1-5H3,(H,16,19). The predicted molar refractivity (Wildman–Crippen MR) is 80.2 cm³/mol. The van der Waals surface area contributed by atoms with Crippen LogP contribution in [0.15, 0.2) is 0 Å². The van der Waals surface area contributed by atoms with Gasteiger partial charge in [-0.15, -0.1) is 0 Å². The van der Waals surface area contributed by atoms with Gasteiger partial charge in [-0.2, -0.15) is 0 Å². The Morgan fingerprint density at radius 2 is 2.00 bits per heavy atom. The Bertz CT molecular complexity index is 279. The summed E-state index contributed by atoms with van der Waals surface area (Å²) in [5.41, 5.74) is 0. The average Bonchev–Trinajstić information content (AvgIpc) is 2.71. The molecule has 0 saturated carbocycles. The normalized spacial score (nSPS) is 22.2. The van der Waals surface area contributed by atoms with Crippen LogP contribution in [0, 0.1) is 5.92 Å². The van der Waals surface area contributed by atoms with E-state index in [4.69, 9.17) is 0 Å². The molecule has 0 aliphatic carbocycles. The van der Waals surface area contributed by atoms with Crippen LogP contribution in [0.25, 0.3) is 0 Å². The van der Waals surface area contributed by atoms with Crippen LogP contribution >= 0.6 is 0 Å². The molecule has 1 saturated heterocycles. The molecule has 1 fully saturated rings. The van der Waals surface area contributed by atoms with Gasteiger partial charge in [-0.05, 0) is 38.8 Å². The molecule has 1 aliphatic heterocycles. The fourth-order valence-corrected chi connectivity index (χ4v) is 2.75. The van der Waals surface area contributed by atoms with Crippen molar-refractivity contribution in [2.24, 2.45) is 5.92 Å². The van der Waals surface area contributed by atoms with Crippen LogP contribution in [0.3, 0.4) is 0 Å². The third kappa shape index (κ3) is 5.49. The number of likely N-dealkylation sites (tertiary alicyclic amines) is 1. The van der Waals surface area contributed by atoms with E-state index in [0.29, 0.717) is 18.0 Å². The molecule has 0 aromatic rings. The smallest absolute Gasteiger partial charge is 0.237 e. The average molecular weight is 269 g/mol. The summed E-state index contributed by atoms with van der Waals surface area (Å²) in [5, 5.41) is 6.43. The second-order valence-corrected chi connectivity index (χ2v) is 6.40. The topological polar surface area (TPSA) is 44.4 Å². The maximum Gasteiger partial charge on any atom is 0.237 e. The summed E-state index contributed by atoms with van der Waals surface area (Å²) in [6.45, 7) is 10.3. The quantitative estimate of drug-likeness (QED) is 0.738.